The van der Waals surface area contributed by atoms with E-state index in [1.807, 2.05) is 0 Å². The molecule has 154 valence electrons. The Bertz CT molecular complexity index is 1130. The SMILES string of the molecule is Nc1cccc(N2CCc3ccc(Oc4ccc(C(F)(F)F)cc4F)cc3C2=O)n1. The molecule has 0 atom stereocenters. The van der Waals surface area contributed by atoms with Gasteiger partial charge in [0.15, 0.2) is 11.6 Å². The number of fused-ring (bicyclic) bond motifs is 1. The number of ether oxygens (including phenoxy) is 1. The van der Waals surface area contributed by atoms with Crippen LogP contribution in [0.5, 0.6) is 11.5 Å². The fourth-order valence-electron chi connectivity index (χ4n) is 3.21. The first kappa shape index (κ1) is 19.7. The van der Waals surface area contributed by atoms with Gasteiger partial charge in [-0.1, -0.05) is 12.1 Å². The first-order valence-electron chi connectivity index (χ1n) is 8.94. The van der Waals surface area contributed by atoms with Gasteiger partial charge in [0.25, 0.3) is 5.91 Å². The lowest BCUT2D eigenvalue weighted by Gasteiger charge is -2.28. The molecule has 1 aliphatic rings. The number of hydrogen-bond acceptors (Lipinski definition) is 4. The molecule has 2 aromatic carbocycles. The topological polar surface area (TPSA) is 68.4 Å². The minimum absolute atomic E-state index is 0.128. The number of anilines is 2. The van der Waals surface area contributed by atoms with Gasteiger partial charge in [0.05, 0.1) is 5.56 Å². The van der Waals surface area contributed by atoms with Crippen LogP contribution in [0.2, 0.25) is 0 Å². The Morgan fingerprint density at radius 3 is 2.57 bits per heavy atom. The van der Waals surface area contributed by atoms with E-state index in [0.717, 1.165) is 17.7 Å². The molecule has 30 heavy (non-hydrogen) atoms. The third-order valence-corrected chi connectivity index (χ3v) is 4.68. The molecule has 0 aliphatic carbocycles. The summed E-state index contributed by atoms with van der Waals surface area (Å²) in [6.07, 6.45) is -4.09. The number of alkyl halides is 3. The molecule has 5 nitrogen and oxygen atoms in total. The van der Waals surface area contributed by atoms with Crippen molar-refractivity contribution in [2.24, 2.45) is 0 Å². The zero-order chi connectivity index (χ0) is 21.5. The highest BCUT2D eigenvalue weighted by Crippen LogP contribution is 2.34. The molecule has 0 fully saturated rings. The molecule has 4 rings (SSSR count). The molecule has 1 aromatic heterocycles. The van der Waals surface area contributed by atoms with Crippen LogP contribution >= 0.6 is 0 Å². The fourth-order valence-corrected chi connectivity index (χ4v) is 3.21. The number of aromatic nitrogens is 1. The number of rotatable bonds is 3. The second-order valence-corrected chi connectivity index (χ2v) is 6.69. The highest BCUT2D eigenvalue weighted by atomic mass is 19.4. The molecule has 0 unspecified atom stereocenters. The van der Waals surface area contributed by atoms with E-state index in [1.165, 1.54) is 17.0 Å². The van der Waals surface area contributed by atoms with Gasteiger partial charge < -0.3 is 10.5 Å². The average Bonchev–Trinajstić information content (AvgIpc) is 2.69. The normalized spacial score (nSPS) is 13.9. The number of benzene rings is 2. The molecule has 2 N–H and O–H groups in total. The van der Waals surface area contributed by atoms with Crippen molar-refractivity contribution in [1.82, 2.24) is 4.98 Å². The van der Waals surface area contributed by atoms with E-state index in [4.69, 9.17) is 10.5 Å². The lowest BCUT2D eigenvalue weighted by molar-refractivity contribution is -0.137. The van der Waals surface area contributed by atoms with Gasteiger partial charge in [0, 0.05) is 12.1 Å². The molecule has 0 bridgehead atoms. The predicted molar refractivity (Wildman–Crippen MR) is 102 cm³/mol. The Labute approximate surface area is 168 Å². The molecule has 1 aliphatic heterocycles. The van der Waals surface area contributed by atoms with Gasteiger partial charge in [-0.25, -0.2) is 9.37 Å². The van der Waals surface area contributed by atoms with E-state index >= 15 is 0 Å². The molecular formula is C21H15F4N3O2. The van der Waals surface area contributed by atoms with Crippen LogP contribution in [0, 0.1) is 5.82 Å². The molecule has 3 aromatic rings. The number of hydrogen-bond donors (Lipinski definition) is 1. The van der Waals surface area contributed by atoms with E-state index in [1.54, 1.807) is 24.3 Å². The summed E-state index contributed by atoms with van der Waals surface area (Å²) in [5.41, 5.74) is 5.70. The van der Waals surface area contributed by atoms with E-state index in [0.29, 0.717) is 30.4 Å². The molecule has 0 saturated heterocycles. The Balaban J connectivity index is 1.61. The number of carbonyl (C=O) groups is 1. The van der Waals surface area contributed by atoms with E-state index in [9.17, 15) is 22.4 Å². The second kappa shape index (κ2) is 7.33. The molecule has 0 radical (unpaired) electrons. The molecule has 2 heterocycles. The fraction of sp³-hybridized carbons (Fsp3) is 0.143. The van der Waals surface area contributed by atoms with Crippen molar-refractivity contribution >= 4 is 17.5 Å². The average molecular weight is 417 g/mol. The monoisotopic (exact) mass is 417 g/mol. The summed E-state index contributed by atoms with van der Waals surface area (Å²) < 4.78 is 57.6. The summed E-state index contributed by atoms with van der Waals surface area (Å²) in [7, 11) is 0. The first-order chi connectivity index (χ1) is 14.2. The summed E-state index contributed by atoms with van der Waals surface area (Å²) in [5.74, 6) is -1.04. The number of nitrogens with zero attached hydrogens (tertiary/aromatic N) is 2. The largest absolute Gasteiger partial charge is 0.454 e. The molecular weight excluding hydrogens is 402 g/mol. The summed E-state index contributed by atoms with van der Waals surface area (Å²) in [4.78, 5) is 18.6. The number of pyridine rings is 1. The van der Waals surface area contributed by atoms with Crippen molar-refractivity contribution in [2.75, 3.05) is 17.2 Å². The zero-order valence-electron chi connectivity index (χ0n) is 15.4. The highest BCUT2D eigenvalue weighted by Gasteiger charge is 2.31. The number of amides is 1. The van der Waals surface area contributed by atoms with Crippen LogP contribution in [-0.4, -0.2) is 17.4 Å². The smallest absolute Gasteiger partial charge is 0.416 e. The van der Waals surface area contributed by atoms with Crippen molar-refractivity contribution in [2.45, 2.75) is 12.6 Å². The van der Waals surface area contributed by atoms with Gasteiger partial charge in [-0.3, -0.25) is 9.69 Å². The predicted octanol–water partition coefficient (Wildman–Crippen LogP) is 4.82. The maximum atomic E-state index is 14.1. The molecule has 9 heteroatoms. The highest BCUT2D eigenvalue weighted by molar-refractivity contribution is 6.08. The van der Waals surface area contributed by atoms with Crippen LogP contribution in [0.25, 0.3) is 0 Å². The molecule has 1 amide bonds. The lowest BCUT2D eigenvalue weighted by Crippen LogP contribution is -2.38. The second-order valence-electron chi connectivity index (χ2n) is 6.69. The van der Waals surface area contributed by atoms with Crippen LogP contribution < -0.4 is 15.4 Å². The van der Waals surface area contributed by atoms with E-state index < -0.39 is 17.6 Å². The van der Waals surface area contributed by atoms with Gasteiger partial charge >= 0.3 is 6.18 Å². The van der Waals surface area contributed by atoms with Crippen molar-refractivity contribution in [3.8, 4) is 11.5 Å². The van der Waals surface area contributed by atoms with Crippen LogP contribution in [0.4, 0.5) is 29.2 Å². The Morgan fingerprint density at radius 2 is 1.87 bits per heavy atom. The molecule has 0 saturated carbocycles. The number of halogens is 4. The first-order valence-corrected chi connectivity index (χ1v) is 8.94. The van der Waals surface area contributed by atoms with Crippen LogP contribution in [0.15, 0.2) is 54.6 Å². The number of nitrogen functional groups attached to an aromatic ring is 1. The zero-order valence-corrected chi connectivity index (χ0v) is 15.4. The van der Waals surface area contributed by atoms with Crippen molar-refractivity contribution < 1.29 is 27.1 Å². The summed E-state index contributed by atoms with van der Waals surface area (Å²) in [6, 6.07) is 11.6. The Hall–Kier alpha value is -3.62. The van der Waals surface area contributed by atoms with Gasteiger partial charge in [0.2, 0.25) is 0 Å². The van der Waals surface area contributed by atoms with Crippen LogP contribution in [0.1, 0.15) is 21.5 Å². The summed E-state index contributed by atoms with van der Waals surface area (Å²) in [6.45, 7) is 0.413. The van der Waals surface area contributed by atoms with E-state index in [-0.39, 0.29) is 23.2 Å². The maximum absolute atomic E-state index is 14.1. The van der Waals surface area contributed by atoms with Crippen molar-refractivity contribution in [1.29, 1.82) is 0 Å². The minimum Gasteiger partial charge on any atom is -0.454 e. The summed E-state index contributed by atoms with van der Waals surface area (Å²) >= 11 is 0. The van der Waals surface area contributed by atoms with Crippen LogP contribution in [-0.2, 0) is 12.6 Å². The summed E-state index contributed by atoms with van der Waals surface area (Å²) in [5, 5.41) is 0. The number of carbonyl (C=O) groups excluding carboxylic acids is 1. The van der Waals surface area contributed by atoms with E-state index in [2.05, 4.69) is 4.98 Å². The Kier molecular flexibility index (Phi) is 4.81. The quantitative estimate of drug-likeness (QED) is 0.621. The minimum atomic E-state index is -4.66. The lowest BCUT2D eigenvalue weighted by atomic mass is 9.98. The van der Waals surface area contributed by atoms with Crippen LogP contribution in [0.3, 0.4) is 0 Å². The number of nitrogens with two attached hydrogens (primary N) is 1. The van der Waals surface area contributed by atoms with Gasteiger partial charge in [0.1, 0.15) is 17.4 Å². The van der Waals surface area contributed by atoms with Gasteiger partial charge in [-0.15, -0.1) is 0 Å². The molecule has 0 spiro atoms. The van der Waals surface area contributed by atoms with Gasteiger partial charge in [-0.2, -0.15) is 13.2 Å². The van der Waals surface area contributed by atoms with Crippen molar-refractivity contribution in [3.05, 3.63) is 77.1 Å². The standard InChI is InChI=1S/C21H15F4N3O2/c22-16-10-13(21(23,24)25)5-7-17(16)30-14-6-4-12-8-9-28(20(29)15(12)11-14)19-3-1-2-18(26)27-19/h1-7,10-11H,8-9H2,(H2,26,27). The third kappa shape index (κ3) is 3.78. The Morgan fingerprint density at radius 1 is 1.07 bits per heavy atom. The maximum Gasteiger partial charge on any atom is 0.416 e. The van der Waals surface area contributed by atoms with Gasteiger partial charge in [-0.05, 0) is 54.4 Å². The third-order valence-electron chi connectivity index (χ3n) is 4.68. The van der Waals surface area contributed by atoms with Crippen molar-refractivity contribution in [3.63, 3.8) is 0 Å².